The molecule has 0 aliphatic rings. The molecule has 0 fully saturated rings. The highest BCUT2D eigenvalue weighted by Crippen LogP contribution is 2.26. The van der Waals surface area contributed by atoms with E-state index in [4.69, 9.17) is 4.98 Å². The second-order valence-electron chi connectivity index (χ2n) is 6.87. The molecule has 0 radical (unpaired) electrons. The second-order valence-corrected chi connectivity index (χ2v) is 6.87. The van der Waals surface area contributed by atoms with Crippen molar-refractivity contribution in [1.29, 1.82) is 0 Å². The fourth-order valence-electron chi connectivity index (χ4n) is 3.13. The van der Waals surface area contributed by atoms with Gasteiger partial charge in [-0.2, -0.15) is 5.10 Å². The number of nitrogens with zero attached hydrogens (tertiary/aromatic N) is 3. The number of benzene rings is 1. The largest absolute Gasteiger partial charge is 0.393 e. The van der Waals surface area contributed by atoms with Crippen molar-refractivity contribution >= 4 is 16.7 Å². The van der Waals surface area contributed by atoms with Crippen molar-refractivity contribution in [3.63, 3.8) is 0 Å². The highest BCUT2D eigenvalue weighted by Gasteiger charge is 2.11. The van der Waals surface area contributed by atoms with E-state index in [1.54, 1.807) is 4.68 Å². The molecule has 0 spiro atoms. The zero-order valence-electron chi connectivity index (χ0n) is 15.6. The molecule has 0 aliphatic heterocycles. The number of carbonyl (C=O) groups is 1. The van der Waals surface area contributed by atoms with Crippen LogP contribution in [0.4, 0.5) is 0 Å². The standard InChI is InChI=1S/C21H25N3O2/c1-4-18(25)6-7-19(26)10-15-5-8-21-16(9-15)11-20(14(2)23-21)17-12-22-24(3)13-17/h5,8-9,11-13,18,25H,4,6-7,10H2,1-3H3. The monoisotopic (exact) mass is 351 g/mol. The van der Waals surface area contributed by atoms with Crippen molar-refractivity contribution in [3.05, 3.63) is 47.9 Å². The number of carbonyl (C=O) groups excluding carboxylic acids is 1. The molecule has 1 aromatic carbocycles. The van der Waals surface area contributed by atoms with E-state index in [0.717, 1.165) is 33.3 Å². The summed E-state index contributed by atoms with van der Waals surface area (Å²) in [5, 5.41) is 14.9. The summed E-state index contributed by atoms with van der Waals surface area (Å²) in [7, 11) is 1.90. The number of hydrogen-bond acceptors (Lipinski definition) is 4. The number of aryl methyl sites for hydroxylation is 2. The Morgan fingerprint density at radius 3 is 2.81 bits per heavy atom. The van der Waals surface area contributed by atoms with Gasteiger partial charge in [0.05, 0.1) is 17.8 Å². The predicted molar refractivity (Wildman–Crippen MR) is 103 cm³/mol. The van der Waals surface area contributed by atoms with Crippen LogP contribution in [-0.4, -0.2) is 31.8 Å². The summed E-state index contributed by atoms with van der Waals surface area (Å²) in [6.07, 6.45) is 5.46. The minimum absolute atomic E-state index is 0.157. The Morgan fingerprint density at radius 1 is 1.31 bits per heavy atom. The van der Waals surface area contributed by atoms with Crippen LogP contribution in [0.15, 0.2) is 36.7 Å². The summed E-state index contributed by atoms with van der Waals surface area (Å²) in [6.45, 7) is 3.92. The van der Waals surface area contributed by atoms with Crippen LogP contribution in [0.5, 0.6) is 0 Å². The van der Waals surface area contributed by atoms with Crippen LogP contribution in [0.2, 0.25) is 0 Å². The van der Waals surface area contributed by atoms with Gasteiger partial charge in [-0.3, -0.25) is 14.5 Å². The van der Waals surface area contributed by atoms with Crippen molar-refractivity contribution in [2.45, 2.75) is 45.6 Å². The minimum atomic E-state index is -0.384. The van der Waals surface area contributed by atoms with Crippen LogP contribution >= 0.6 is 0 Å². The summed E-state index contributed by atoms with van der Waals surface area (Å²) in [5.41, 5.74) is 4.96. The maximum atomic E-state index is 12.2. The Balaban J connectivity index is 1.83. The summed E-state index contributed by atoms with van der Waals surface area (Å²) in [4.78, 5) is 16.9. The van der Waals surface area contributed by atoms with Crippen molar-refractivity contribution < 1.29 is 9.90 Å². The lowest BCUT2D eigenvalue weighted by molar-refractivity contribution is -0.119. The fraction of sp³-hybridized carbons (Fsp3) is 0.381. The summed E-state index contributed by atoms with van der Waals surface area (Å²) in [5.74, 6) is 0.157. The first-order valence-electron chi connectivity index (χ1n) is 9.05. The van der Waals surface area contributed by atoms with Gasteiger partial charge < -0.3 is 5.11 Å². The number of pyridine rings is 1. The van der Waals surface area contributed by atoms with Crippen molar-refractivity contribution in [3.8, 4) is 11.1 Å². The van der Waals surface area contributed by atoms with Crippen LogP contribution in [0.3, 0.4) is 0 Å². The van der Waals surface area contributed by atoms with Gasteiger partial charge in [0, 0.05) is 48.3 Å². The van der Waals surface area contributed by atoms with Gasteiger partial charge in [-0.15, -0.1) is 0 Å². The SMILES string of the molecule is CCC(O)CCC(=O)Cc1ccc2nc(C)c(-c3cnn(C)c3)cc2c1. The number of Topliss-reactive ketones (excluding diaryl/α,β-unsaturated/α-hetero) is 1. The normalized spacial score (nSPS) is 12.5. The molecule has 0 saturated heterocycles. The molecule has 26 heavy (non-hydrogen) atoms. The number of fused-ring (bicyclic) bond motifs is 1. The van der Waals surface area contributed by atoms with Gasteiger partial charge >= 0.3 is 0 Å². The molecular weight excluding hydrogens is 326 g/mol. The number of aliphatic hydroxyl groups is 1. The van der Waals surface area contributed by atoms with Crippen molar-refractivity contribution in [1.82, 2.24) is 14.8 Å². The van der Waals surface area contributed by atoms with Crippen molar-refractivity contribution in [2.75, 3.05) is 0 Å². The van der Waals surface area contributed by atoms with Gasteiger partial charge in [0.15, 0.2) is 0 Å². The van der Waals surface area contributed by atoms with Crippen LogP contribution in [0.1, 0.15) is 37.4 Å². The lowest BCUT2D eigenvalue weighted by Crippen LogP contribution is -2.10. The average Bonchev–Trinajstić information content (AvgIpc) is 3.05. The van der Waals surface area contributed by atoms with E-state index in [1.807, 2.05) is 51.5 Å². The van der Waals surface area contributed by atoms with Crippen LogP contribution < -0.4 is 0 Å². The first kappa shape index (κ1) is 18.3. The molecule has 5 heteroatoms. The molecule has 1 N–H and O–H groups in total. The lowest BCUT2D eigenvalue weighted by Gasteiger charge is -2.09. The summed E-state index contributed by atoms with van der Waals surface area (Å²) >= 11 is 0. The molecule has 0 amide bonds. The molecule has 3 aromatic rings. The van der Waals surface area contributed by atoms with E-state index in [2.05, 4.69) is 11.2 Å². The van der Waals surface area contributed by atoms with E-state index < -0.39 is 0 Å². The number of aliphatic hydroxyl groups excluding tert-OH is 1. The van der Waals surface area contributed by atoms with E-state index in [1.165, 1.54) is 0 Å². The number of hydrogen-bond donors (Lipinski definition) is 1. The highest BCUT2D eigenvalue weighted by molar-refractivity contribution is 5.87. The maximum Gasteiger partial charge on any atom is 0.137 e. The molecule has 0 aliphatic carbocycles. The lowest BCUT2D eigenvalue weighted by atomic mass is 10.00. The molecule has 136 valence electrons. The third-order valence-electron chi connectivity index (χ3n) is 4.71. The van der Waals surface area contributed by atoms with Gasteiger partial charge in [0.2, 0.25) is 0 Å². The topological polar surface area (TPSA) is 68.0 Å². The molecule has 3 rings (SSSR count). The Morgan fingerprint density at radius 2 is 2.12 bits per heavy atom. The summed E-state index contributed by atoms with van der Waals surface area (Å²) in [6, 6.07) is 8.09. The molecule has 2 heterocycles. The van der Waals surface area contributed by atoms with E-state index in [9.17, 15) is 9.90 Å². The van der Waals surface area contributed by atoms with Crippen molar-refractivity contribution in [2.24, 2.45) is 7.05 Å². The van der Waals surface area contributed by atoms with Crippen LogP contribution in [-0.2, 0) is 18.3 Å². The Labute approximate surface area is 153 Å². The summed E-state index contributed by atoms with van der Waals surface area (Å²) < 4.78 is 1.78. The van der Waals surface area contributed by atoms with Crippen LogP contribution in [0.25, 0.3) is 22.0 Å². The van der Waals surface area contributed by atoms with E-state index in [0.29, 0.717) is 25.7 Å². The van der Waals surface area contributed by atoms with Gasteiger partial charge in [0.1, 0.15) is 5.78 Å². The first-order valence-corrected chi connectivity index (χ1v) is 9.05. The highest BCUT2D eigenvalue weighted by atomic mass is 16.3. The number of rotatable bonds is 7. The molecule has 1 unspecified atom stereocenters. The van der Waals surface area contributed by atoms with E-state index >= 15 is 0 Å². The molecule has 2 aromatic heterocycles. The molecule has 1 atom stereocenters. The number of aromatic nitrogens is 3. The zero-order chi connectivity index (χ0) is 18.7. The maximum absolute atomic E-state index is 12.2. The molecule has 0 bridgehead atoms. The molecular formula is C21H25N3O2. The Hall–Kier alpha value is -2.53. The second kappa shape index (κ2) is 7.79. The third-order valence-corrected chi connectivity index (χ3v) is 4.71. The quantitative estimate of drug-likeness (QED) is 0.706. The first-order chi connectivity index (χ1) is 12.5. The van der Waals surface area contributed by atoms with Gasteiger partial charge in [-0.1, -0.05) is 13.0 Å². The predicted octanol–water partition coefficient (Wildman–Crippen LogP) is 3.61. The van der Waals surface area contributed by atoms with Gasteiger partial charge in [0.25, 0.3) is 0 Å². The Bertz CT molecular complexity index is 930. The number of ketones is 1. The zero-order valence-corrected chi connectivity index (χ0v) is 15.6. The smallest absolute Gasteiger partial charge is 0.137 e. The Kier molecular flexibility index (Phi) is 5.47. The van der Waals surface area contributed by atoms with Gasteiger partial charge in [-0.05, 0) is 43.5 Å². The van der Waals surface area contributed by atoms with Gasteiger partial charge in [-0.25, -0.2) is 0 Å². The third kappa shape index (κ3) is 4.17. The molecule has 5 nitrogen and oxygen atoms in total. The molecule has 0 saturated carbocycles. The average molecular weight is 351 g/mol. The fourth-order valence-corrected chi connectivity index (χ4v) is 3.13. The van der Waals surface area contributed by atoms with Crippen LogP contribution in [0, 0.1) is 6.92 Å². The van der Waals surface area contributed by atoms with E-state index in [-0.39, 0.29) is 11.9 Å². The minimum Gasteiger partial charge on any atom is -0.393 e.